The third-order valence-electron chi connectivity index (χ3n) is 4.54. The number of rotatable bonds is 7. The highest BCUT2D eigenvalue weighted by atomic mass is 19.1. The maximum atomic E-state index is 14.4. The molecule has 1 aliphatic heterocycles. The highest BCUT2D eigenvalue weighted by Crippen LogP contribution is 2.22. The maximum Gasteiger partial charge on any atom is 0.251 e. The van der Waals surface area contributed by atoms with Crippen LogP contribution >= 0.6 is 0 Å². The number of likely N-dealkylation sites (N-methyl/N-ethyl adjacent to an activating group) is 1. The molecule has 0 bridgehead atoms. The number of carbonyl (C=O) groups is 1. The molecule has 1 atom stereocenters. The van der Waals surface area contributed by atoms with Crippen LogP contribution in [0.5, 0.6) is 0 Å². The second-order valence-corrected chi connectivity index (χ2v) is 6.33. The first kappa shape index (κ1) is 18.7. The number of nitrogens with one attached hydrogen (secondary N) is 1. The minimum atomic E-state index is -0.351. The van der Waals surface area contributed by atoms with Crippen molar-refractivity contribution in [1.82, 2.24) is 10.2 Å². The first-order valence-corrected chi connectivity index (χ1v) is 8.73. The number of hydrogen-bond acceptors (Lipinski definition) is 4. The molecule has 6 heteroatoms. The fourth-order valence-corrected chi connectivity index (χ4v) is 2.99. The molecule has 0 saturated carbocycles. The van der Waals surface area contributed by atoms with Gasteiger partial charge < -0.3 is 20.2 Å². The molecule has 0 aliphatic carbocycles. The highest BCUT2D eigenvalue weighted by molar-refractivity contribution is 5.94. The Morgan fingerprint density at radius 2 is 2.04 bits per heavy atom. The number of aliphatic hydroxyl groups excluding tert-OH is 1. The number of benzene rings is 1. The van der Waals surface area contributed by atoms with Crippen LogP contribution in [0.3, 0.4) is 0 Å². The number of hydrogen-bond donors (Lipinski definition) is 2. The standard InChI is InChI=1S/C18H28FN3O2/c1-3-21-8-10-22(11-9-21)17-7-6-15(13-16(17)19)18(24)20-14(2)5-4-12-23/h6-7,13-14,23H,3-5,8-12H2,1-2H3,(H,20,24). The van der Waals surface area contributed by atoms with Crippen LogP contribution in [0.1, 0.15) is 37.0 Å². The molecular weight excluding hydrogens is 309 g/mol. The van der Waals surface area contributed by atoms with Gasteiger partial charge in [0.25, 0.3) is 5.91 Å². The molecule has 24 heavy (non-hydrogen) atoms. The average Bonchev–Trinajstić information content (AvgIpc) is 2.60. The summed E-state index contributed by atoms with van der Waals surface area (Å²) in [5.41, 5.74) is 0.898. The largest absolute Gasteiger partial charge is 0.396 e. The summed E-state index contributed by atoms with van der Waals surface area (Å²) < 4.78 is 14.4. The normalized spacial score (nSPS) is 16.9. The Hall–Kier alpha value is -1.66. The predicted octanol–water partition coefficient (Wildman–Crippen LogP) is 1.86. The third kappa shape index (κ3) is 4.92. The molecule has 1 aromatic rings. The minimum Gasteiger partial charge on any atom is -0.396 e. The van der Waals surface area contributed by atoms with E-state index in [1.165, 1.54) is 6.07 Å². The van der Waals surface area contributed by atoms with Gasteiger partial charge >= 0.3 is 0 Å². The van der Waals surface area contributed by atoms with Gasteiger partial charge in [0.2, 0.25) is 0 Å². The summed E-state index contributed by atoms with van der Waals surface area (Å²) in [5, 5.41) is 11.7. The van der Waals surface area contributed by atoms with Gasteiger partial charge in [0.15, 0.2) is 0 Å². The van der Waals surface area contributed by atoms with Crippen molar-refractivity contribution in [3.63, 3.8) is 0 Å². The molecule has 1 heterocycles. The number of carbonyl (C=O) groups excluding carboxylic acids is 1. The third-order valence-corrected chi connectivity index (χ3v) is 4.54. The van der Waals surface area contributed by atoms with Crippen molar-refractivity contribution in [2.24, 2.45) is 0 Å². The molecule has 1 fully saturated rings. The Kier molecular flexibility index (Phi) is 6.99. The Labute approximate surface area is 143 Å². The first-order valence-electron chi connectivity index (χ1n) is 8.73. The lowest BCUT2D eigenvalue weighted by molar-refractivity contribution is 0.0936. The van der Waals surface area contributed by atoms with E-state index in [4.69, 9.17) is 5.11 Å². The molecule has 0 radical (unpaired) electrons. The van der Waals surface area contributed by atoms with Crippen molar-refractivity contribution in [1.29, 1.82) is 0 Å². The molecule has 1 saturated heterocycles. The quantitative estimate of drug-likeness (QED) is 0.797. The van der Waals surface area contributed by atoms with Gasteiger partial charge in [-0.3, -0.25) is 4.79 Å². The van der Waals surface area contributed by atoms with Crippen molar-refractivity contribution in [2.75, 3.05) is 44.2 Å². The SMILES string of the molecule is CCN1CCN(c2ccc(C(=O)NC(C)CCCO)cc2F)CC1. The topological polar surface area (TPSA) is 55.8 Å². The zero-order valence-electron chi connectivity index (χ0n) is 14.6. The lowest BCUT2D eigenvalue weighted by Crippen LogP contribution is -2.46. The fourth-order valence-electron chi connectivity index (χ4n) is 2.99. The van der Waals surface area contributed by atoms with Crippen molar-refractivity contribution >= 4 is 11.6 Å². The summed E-state index contributed by atoms with van der Waals surface area (Å²) in [6.07, 6.45) is 1.34. The summed E-state index contributed by atoms with van der Waals surface area (Å²) in [6.45, 7) is 8.60. The number of nitrogens with zero attached hydrogens (tertiary/aromatic N) is 2. The van der Waals surface area contributed by atoms with E-state index in [9.17, 15) is 9.18 Å². The zero-order valence-corrected chi connectivity index (χ0v) is 14.6. The number of amides is 1. The van der Waals surface area contributed by atoms with Gasteiger partial charge in [-0.25, -0.2) is 4.39 Å². The van der Waals surface area contributed by atoms with Crippen molar-refractivity contribution in [3.05, 3.63) is 29.6 Å². The fraction of sp³-hybridized carbons (Fsp3) is 0.611. The van der Waals surface area contributed by atoms with Gasteiger partial charge in [-0.15, -0.1) is 0 Å². The van der Waals surface area contributed by atoms with E-state index in [2.05, 4.69) is 17.1 Å². The Balaban J connectivity index is 1.97. The minimum absolute atomic E-state index is 0.0468. The van der Waals surface area contributed by atoms with Crippen LogP contribution in [0.15, 0.2) is 18.2 Å². The molecule has 1 aromatic carbocycles. The predicted molar refractivity (Wildman–Crippen MR) is 94.0 cm³/mol. The van der Waals surface area contributed by atoms with Crippen LogP contribution in [0.25, 0.3) is 0 Å². The van der Waals surface area contributed by atoms with Gasteiger partial charge in [0.05, 0.1) is 5.69 Å². The highest BCUT2D eigenvalue weighted by Gasteiger charge is 2.19. The van der Waals surface area contributed by atoms with Crippen LogP contribution in [-0.4, -0.2) is 61.3 Å². The summed E-state index contributed by atoms with van der Waals surface area (Å²) in [4.78, 5) is 16.6. The van der Waals surface area contributed by atoms with E-state index < -0.39 is 0 Å². The lowest BCUT2D eigenvalue weighted by atomic mass is 10.1. The lowest BCUT2D eigenvalue weighted by Gasteiger charge is -2.35. The monoisotopic (exact) mass is 337 g/mol. The zero-order chi connectivity index (χ0) is 17.5. The number of anilines is 1. The summed E-state index contributed by atoms with van der Waals surface area (Å²) in [5.74, 6) is -0.627. The van der Waals surface area contributed by atoms with Crippen LogP contribution < -0.4 is 10.2 Å². The van der Waals surface area contributed by atoms with Crippen LogP contribution in [0.2, 0.25) is 0 Å². The molecule has 5 nitrogen and oxygen atoms in total. The number of halogens is 1. The molecular formula is C18H28FN3O2. The molecule has 2 rings (SSSR count). The second-order valence-electron chi connectivity index (χ2n) is 6.33. The molecule has 1 unspecified atom stereocenters. The van der Waals surface area contributed by atoms with E-state index in [1.807, 2.05) is 11.8 Å². The summed E-state index contributed by atoms with van der Waals surface area (Å²) >= 11 is 0. The van der Waals surface area contributed by atoms with Crippen molar-refractivity contribution in [2.45, 2.75) is 32.7 Å². The van der Waals surface area contributed by atoms with Crippen LogP contribution in [-0.2, 0) is 0 Å². The number of piperazine rings is 1. The van der Waals surface area contributed by atoms with E-state index in [-0.39, 0.29) is 24.4 Å². The van der Waals surface area contributed by atoms with Gasteiger partial charge in [-0.05, 0) is 44.5 Å². The Morgan fingerprint density at radius 3 is 2.62 bits per heavy atom. The molecule has 0 spiro atoms. The van der Waals surface area contributed by atoms with Gasteiger partial charge in [0, 0.05) is 44.4 Å². The molecule has 134 valence electrons. The first-order chi connectivity index (χ1) is 11.5. The smallest absolute Gasteiger partial charge is 0.251 e. The van der Waals surface area contributed by atoms with E-state index in [1.54, 1.807) is 12.1 Å². The van der Waals surface area contributed by atoms with Gasteiger partial charge in [0.1, 0.15) is 5.82 Å². The Bertz CT molecular complexity index is 545. The molecule has 0 aromatic heterocycles. The van der Waals surface area contributed by atoms with E-state index in [0.717, 1.165) is 32.7 Å². The molecule has 1 aliphatic rings. The van der Waals surface area contributed by atoms with Gasteiger partial charge in [-0.1, -0.05) is 6.92 Å². The molecule has 2 N–H and O–H groups in total. The summed E-state index contributed by atoms with van der Waals surface area (Å²) in [7, 11) is 0. The average molecular weight is 337 g/mol. The second kappa shape index (κ2) is 8.99. The van der Waals surface area contributed by atoms with Crippen LogP contribution in [0.4, 0.5) is 10.1 Å². The van der Waals surface area contributed by atoms with Gasteiger partial charge in [-0.2, -0.15) is 0 Å². The van der Waals surface area contributed by atoms with E-state index in [0.29, 0.717) is 24.1 Å². The maximum absolute atomic E-state index is 14.4. The molecule has 1 amide bonds. The Morgan fingerprint density at radius 1 is 1.33 bits per heavy atom. The van der Waals surface area contributed by atoms with E-state index >= 15 is 0 Å². The number of aliphatic hydroxyl groups is 1. The van der Waals surface area contributed by atoms with Crippen LogP contribution in [0, 0.1) is 5.82 Å². The summed E-state index contributed by atoms with van der Waals surface area (Å²) in [6, 6.07) is 4.65. The van der Waals surface area contributed by atoms with Crippen molar-refractivity contribution < 1.29 is 14.3 Å². The van der Waals surface area contributed by atoms with Crippen molar-refractivity contribution in [3.8, 4) is 0 Å².